The summed E-state index contributed by atoms with van der Waals surface area (Å²) in [7, 11) is -2.51. The van der Waals surface area contributed by atoms with Gasteiger partial charge >= 0.3 is 0 Å². The van der Waals surface area contributed by atoms with Gasteiger partial charge in [-0.2, -0.15) is 0 Å². The molecule has 3 saturated carbocycles. The molecule has 2 atom stereocenters. The van der Waals surface area contributed by atoms with Crippen LogP contribution in [0, 0.1) is 17.2 Å². The van der Waals surface area contributed by atoms with Gasteiger partial charge in [0.1, 0.15) is 17.6 Å². The van der Waals surface area contributed by atoms with Crippen molar-refractivity contribution in [1.29, 1.82) is 0 Å². The molecule has 2 bridgehead atoms. The van der Waals surface area contributed by atoms with Gasteiger partial charge in [-0.3, -0.25) is 4.79 Å². The van der Waals surface area contributed by atoms with Gasteiger partial charge in [-0.25, -0.2) is 26.3 Å². The van der Waals surface area contributed by atoms with E-state index in [0.29, 0.717) is 36.5 Å². The van der Waals surface area contributed by atoms with Crippen LogP contribution in [0.1, 0.15) is 31.7 Å². The second kappa shape index (κ2) is 8.76. The van der Waals surface area contributed by atoms with Gasteiger partial charge in [0.15, 0.2) is 0 Å². The van der Waals surface area contributed by atoms with Crippen LogP contribution in [0.15, 0.2) is 42.5 Å². The molecule has 10 heteroatoms. The van der Waals surface area contributed by atoms with Crippen molar-refractivity contribution in [2.75, 3.05) is 19.4 Å². The van der Waals surface area contributed by atoms with Crippen LogP contribution in [0.3, 0.4) is 0 Å². The Labute approximate surface area is 208 Å². The van der Waals surface area contributed by atoms with Crippen molar-refractivity contribution in [3.63, 3.8) is 0 Å². The van der Waals surface area contributed by atoms with E-state index in [9.17, 15) is 13.2 Å². The zero-order valence-electron chi connectivity index (χ0n) is 20.1. The first-order valence-electron chi connectivity index (χ1n) is 12.1. The lowest BCUT2D eigenvalue weighted by atomic mass is 9.44. The number of amides is 1. The van der Waals surface area contributed by atoms with Crippen LogP contribution < -0.4 is 9.46 Å². The average Bonchev–Trinajstić information content (AvgIpc) is 3.02. The highest BCUT2D eigenvalue weighted by atomic mass is 32.2. The minimum atomic E-state index is -4.01. The lowest BCUT2D eigenvalue weighted by molar-refractivity contribution is -0.178. The average molecular weight is 523 g/mol. The van der Waals surface area contributed by atoms with E-state index >= 15 is 13.2 Å². The van der Waals surface area contributed by atoms with E-state index in [0.717, 1.165) is 4.90 Å². The molecular weight excluding hydrogens is 493 g/mol. The summed E-state index contributed by atoms with van der Waals surface area (Å²) < 4.78 is 78.3. The van der Waals surface area contributed by atoms with Crippen molar-refractivity contribution < 1.29 is 31.1 Å². The second-order valence-corrected chi connectivity index (χ2v) is 12.3. The van der Waals surface area contributed by atoms with Gasteiger partial charge in [-0.1, -0.05) is 30.3 Å². The zero-order valence-corrected chi connectivity index (χ0v) is 21.0. The van der Waals surface area contributed by atoms with Crippen molar-refractivity contribution >= 4 is 15.9 Å². The number of rotatable bonds is 8. The molecule has 0 spiro atoms. The van der Waals surface area contributed by atoms with Gasteiger partial charge in [0.05, 0.1) is 30.9 Å². The first-order chi connectivity index (χ1) is 17.0. The second-order valence-electron chi connectivity index (χ2n) is 10.2. The number of methoxy groups -OCH3 is 1. The molecule has 1 aliphatic heterocycles. The topological polar surface area (TPSA) is 75.7 Å². The SMILES string of the molecule is CCS(=O)(=O)N[C@@H]1[C@H](Cc2cccc(-c3cccc(OC)c3)c2F)N(C(=O)C23CC(C2)C3)CC1(F)F. The molecular formula is C26H29F3N2O4S. The van der Waals surface area contributed by atoms with Crippen LogP contribution in [-0.2, 0) is 21.2 Å². The number of halogens is 3. The lowest BCUT2D eigenvalue weighted by Gasteiger charge is -2.61. The summed E-state index contributed by atoms with van der Waals surface area (Å²) >= 11 is 0. The molecule has 0 unspecified atom stereocenters. The maximum atomic E-state index is 15.7. The first kappa shape index (κ1) is 25.1. The maximum Gasteiger partial charge on any atom is 0.283 e. The van der Waals surface area contributed by atoms with Gasteiger partial charge in [0.2, 0.25) is 15.9 Å². The van der Waals surface area contributed by atoms with Crippen LogP contribution in [-0.4, -0.2) is 56.6 Å². The van der Waals surface area contributed by atoms with Gasteiger partial charge < -0.3 is 9.64 Å². The third-order valence-corrected chi connectivity index (χ3v) is 9.32. The molecule has 4 fully saturated rings. The number of carbonyl (C=O) groups excluding carboxylic acids is 1. The van der Waals surface area contributed by atoms with E-state index in [1.165, 1.54) is 20.1 Å². The van der Waals surface area contributed by atoms with Crippen molar-refractivity contribution in [2.24, 2.45) is 11.3 Å². The van der Waals surface area contributed by atoms with E-state index in [-0.39, 0.29) is 29.2 Å². The minimum absolute atomic E-state index is 0.133. The molecule has 1 N–H and O–H groups in total. The lowest BCUT2D eigenvalue weighted by Crippen LogP contribution is -2.62. The van der Waals surface area contributed by atoms with Crippen molar-refractivity contribution in [3.05, 3.63) is 53.8 Å². The molecule has 194 valence electrons. The fraction of sp³-hybridized carbons (Fsp3) is 0.500. The first-order valence-corrected chi connectivity index (χ1v) is 13.7. The summed E-state index contributed by atoms with van der Waals surface area (Å²) in [5.41, 5.74) is 0.321. The Kier molecular flexibility index (Phi) is 6.10. The van der Waals surface area contributed by atoms with Crippen molar-refractivity contribution in [2.45, 2.75) is 50.6 Å². The van der Waals surface area contributed by atoms with E-state index in [4.69, 9.17) is 4.74 Å². The monoisotopic (exact) mass is 522 g/mol. The predicted molar refractivity (Wildman–Crippen MR) is 129 cm³/mol. The third-order valence-electron chi connectivity index (χ3n) is 7.95. The predicted octanol–water partition coefficient (Wildman–Crippen LogP) is 4.00. The molecule has 1 heterocycles. The number of nitrogens with zero attached hydrogens (tertiary/aromatic N) is 1. The molecule has 36 heavy (non-hydrogen) atoms. The molecule has 0 aromatic heterocycles. The summed E-state index contributed by atoms with van der Waals surface area (Å²) in [5, 5.41) is 0. The number of nitrogens with one attached hydrogen (secondary N) is 1. The number of hydrogen-bond donors (Lipinski definition) is 1. The maximum absolute atomic E-state index is 15.7. The standard InChI is InChI=1S/C26H29F3N2O4S/c1-3-36(33,34)30-23-21(31(15-26(23,28)29)24(32)25-12-16(13-25)14-25)11-18-7-5-9-20(22(18)27)17-6-4-8-19(10-17)35-2/h4-10,16,21,23,30H,3,11-15H2,1-2H3/t16?,21-,23+,25?/m0/s1. The number of likely N-dealkylation sites (tertiary alicyclic amines) is 1. The Balaban J connectivity index is 1.51. The smallest absolute Gasteiger partial charge is 0.283 e. The molecule has 3 aliphatic carbocycles. The minimum Gasteiger partial charge on any atom is -0.497 e. The summed E-state index contributed by atoms with van der Waals surface area (Å²) in [4.78, 5) is 14.5. The fourth-order valence-corrected chi connectivity index (χ4v) is 6.70. The highest BCUT2D eigenvalue weighted by Crippen LogP contribution is 2.65. The van der Waals surface area contributed by atoms with Crippen LogP contribution in [0.25, 0.3) is 11.1 Å². The highest BCUT2D eigenvalue weighted by molar-refractivity contribution is 7.89. The van der Waals surface area contributed by atoms with E-state index < -0.39 is 45.8 Å². The largest absolute Gasteiger partial charge is 0.497 e. The number of hydrogen-bond acceptors (Lipinski definition) is 4. The molecule has 6 rings (SSSR count). The molecule has 4 aliphatic rings. The Morgan fingerprint density at radius 1 is 1.17 bits per heavy atom. The Morgan fingerprint density at radius 2 is 1.86 bits per heavy atom. The summed E-state index contributed by atoms with van der Waals surface area (Å²) in [6, 6.07) is 8.45. The Bertz CT molecular complexity index is 1280. The summed E-state index contributed by atoms with van der Waals surface area (Å²) in [5.74, 6) is -3.86. The van der Waals surface area contributed by atoms with Gasteiger partial charge in [-0.05, 0) is 61.8 Å². The van der Waals surface area contributed by atoms with Gasteiger partial charge in [-0.15, -0.1) is 0 Å². The fourth-order valence-electron chi connectivity index (χ4n) is 5.82. The number of benzene rings is 2. The van der Waals surface area contributed by atoms with E-state index in [1.807, 2.05) is 0 Å². The molecule has 6 nitrogen and oxygen atoms in total. The van der Waals surface area contributed by atoms with E-state index in [1.54, 1.807) is 36.4 Å². The number of alkyl halides is 2. The number of carbonyl (C=O) groups is 1. The Hall–Kier alpha value is -2.59. The van der Waals surface area contributed by atoms with Crippen LogP contribution in [0.2, 0.25) is 0 Å². The third kappa shape index (κ3) is 4.18. The van der Waals surface area contributed by atoms with Crippen LogP contribution >= 0.6 is 0 Å². The summed E-state index contributed by atoms with van der Waals surface area (Å²) in [6.07, 6.45) is 1.77. The number of sulfonamides is 1. The van der Waals surface area contributed by atoms with Crippen molar-refractivity contribution in [3.8, 4) is 16.9 Å². The molecule has 0 radical (unpaired) electrons. The van der Waals surface area contributed by atoms with Crippen LogP contribution in [0.4, 0.5) is 13.2 Å². The molecule has 1 saturated heterocycles. The Morgan fingerprint density at radius 3 is 2.47 bits per heavy atom. The summed E-state index contributed by atoms with van der Waals surface area (Å²) in [6.45, 7) is 0.462. The van der Waals surface area contributed by atoms with E-state index in [2.05, 4.69) is 4.72 Å². The van der Waals surface area contributed by atoms with Crippen molar-refractivity contribution in [1.82, 2.24) is 9.62 Å². The molecule has 2 aromatic rings. The normalized spacial score (nSPS) is 28.4. The highest BCUT2D eigenvalue weighted by Gasteiger charge is 2.66. The van der Waals surface area contributed by atoms with Gasteiger partial charge in [0.25, 0.3) is 5.92 Å². The van der Waals surface area contributed by atoms with Crippen LogP contribution in [0.5, 0.6) is 5.75 Å². The molecule has 2 aromatic carbocycles. The molecule has 1 amide bonds. The quantitative estimate of drug-likeness (QED) is 0.569. The zero-order chi connectivity index (χ0) is 25.9. The van der Waals surface area contributed by atoms with Gasteiger partial charge in [0, 0.05) is 5.56 Å². The number of ether oxygens (including phenoxy) is 1.